The monoisotopic (exact) mass is 676 g/mol. The van der Waals surface area contributed by atoms with Gasteiger partial charge in [-0.3, -0.25) is 4.98 Å². The Morgan fingerprint density at radius 2 is 1.02 bits per heavy atom. The number of rotatable bonds is 3. The Bertz CT molecular complexity index is 3390. The minimum absolute atomic E-state index is 0.857. The summed E-state index contributed by atoms with van der Waals surface area (Å²) in [6.07, 6.45) is 3.81. The SMILES string of the molecule is c1cncc(-c2c(-c3ccc(-n4c5ccccc5c5ccccc54)cc3)c3cc4oc5ccccc5c4cc3c3c2ccc2c4ccccc4oc23)c1. The summed E-state index contributed by atoms with van der Waals surface area (Å²) in [7, 11) is 0. The fourth-order valence-electron chi connectivity index (χ4n) is 8.81. The van der Waals surface area contributed by atoms with Crippen LogP contribution >= 0.6 is 0 Å². The van der Waals surface area contributed by atoms with Crippen molar-refractivity contribution in [1.82, 2.24) is 9.55 Å². The van der Waals surface area contributed by atoms with Crippen molar-refractivity contribution < 1.29 is 8.83 Å². The third-order valence-corrected chi connectivity index (χ3v) is 11.1. The van der Waals surface area contributed by atoms with Crippen molar-refractivity contribution in [1.29, 1.82) is 0 Å². The van der Waals surface area contributed by atoms with Crippen molar-refractivity contribution in [3.8, 4) is 27.9 Å². The van der Waals surface area contributed by atoms with Crippen molar-refractivity contribution >= 4 is 87.2 Å². The summed E-state index contributed by atoms with van der Waals surface area (Å²) < 4.78 is 15.7. The van der Waals surface area contributed by atoms with Gasteiger partial charge in [0, 0.05) is 61.3 Å². The van der Waals surface area contributed by atoms with Crippen LogP contribution in [0.15, 0.2) is 179 Å². The molecule has 0 saturated carbocycles. The Morgan fingerprint density at radius 1 is 0.396 bits per heavy atom. The highest BCUT2D eigenvalue weighted by atomic mass is 16.3. The summed E-state index contributed by atoms with van der Waals surface area (Å²) >= 11 is 0. The Kier molecular flexibility index (Phi) is 5.74. The van der Waals surface area contributed by atoms with Crippen LogP contribution in [0.5, 0.6) is 0 Å². The largest absolute Gasteiger partial charge is 0.456 e. The molecule has 0 unspecified atom stereocenters. The molecule has 8 aromatic carbocycles. The predicted molar refractivity (Wildman–Crippen MR) is 219 cm³/mol. The van der Waals surface area contributed by atoms with E-state index in [9.17, 15) is 0 Å². The smallest absolute Gasteiger partial charge is 0.143 e. The minimum atomic E-state index is 0.857. The molecule has 246 valence electrons. The van der Waals surface area contributed by atoms with Crippen LogP contribution in [-0.4, -0.2) is 9.55 Å². The van der Waals surface area contributed by atoms with Gasteiger partial charge in [-0.2, -0.15) is 0 Å². The summed E-state index contributed by atoms with van der Waals surface area (Å²) in [4.78, 5) is 4.62. The van der Waals surface area contributed by atoms with E-state index in [2.05, 4.69) is 143 Å². The summed E-state index contributed by atoms with van der Waals surface area (Å²) in [5.74, 6) is 0. The van der Waals surface area contributed by atoms with E-state index in [-0.39, 0.29) is 0 Å². The van der Waals surface area contributed by atoms with Crippen molar-refractivity contribution in [3.05, 3.63) is 170 Å². The summed E-state index contributed by atoms with van der Waals surface area (Å²) in [5.41, 5.74) is 11.4. The first-order valence-electron chi connectivity index (χ1n) is 17.9. The van der Waals surface area contributed by atoms with E-state index in [0.717, 1.165) is 93.4 Å². The molecule has 0 saturated heterocycles. The summed E-state index contributed by atoms with van der Waals surface area (Å²) in [6.45, 7) is 0. The maximum absolute atomic E-state index is 6.78. The molecule has 12 rings (SSSR count). The molecule has 0 aliphatic heterocycles. The van der Waals surface area contributed by atoms with E-state index in [0.29, 0.717) is 0 Å². The van der Waals surface area contributed by atoms with Gasteiger partial charge in [-0.15, -0.1) is 0 Å². The van der Waals surface area contributed by atoms with Crippen LogP contribution < -0.4 is 0 Å². The van der Waals surface area contributed by atoms with E-state index in [1.807, 2.05) is 36.7 Å². The molecule has 0 aliphatic rings. The second-order valence-corrected chi connectivity index (χ2v) is 13.9. The van der Waals surface area contributed by atoms with E-state index in [1.54, 1.807) is 0 Å². The molecule has 53 heavy (non-hydrogen) atoms. The van der Waals surface area contributed by atoms with Crippen molar-refractivity contribution in [2.75, 3.05) is 0 Å². The second kappa shape index (κ2) is 10.7. The number of hydrogen-bond acceptors (Lipinski definition) is 3. The fraction of sp³-hybridized carbons (Fsp3) is 0. The fourth-order valence-corrected chi connectivity index (χ4v) is 8.81. The van der Waals surface area contributed by atoms with Crippen LogP contribution in [-0.2, 0) is 0 Å². The van der Waals surface area contributed by atoms with Gasteiger partial charge in [0.15, 0.2) is 0 Å². The first kappa shape index (κ1) is 28.5. The van der Waals surface area contributed by atoms with Gasteiger partial charge < -0.3 is 13.4 Å². The van der Waals surface area contributed by atoms with Crippen LogP contribution in [0.1, 0.15) is 0 Å². The third kappa shape index (κ3) is 3.98. The molecule has 12 aromatic rings. The van der Waals surface area contributed by atoms with Gasteiger partial charge in [0.1, 0.15) is 22.3 Å². The Morgan fingerprint density at radius 3 is 1.74 bits per heavy atom. The molecule has 0 atom stereocenters. The maximum Gasteiger partial charge on any atom is 0.143 e. The molecule has 4 nitrogen and oxygen atoms in total. The highest BCUT2D eigenvalue weighted by Gasteiger charge is 2.23. The second-order valence-electron chi connectivity index (χ2n) is 13.9. The minimum Gasteiger partial charge on any atom is -0.456 e. The normalized spacial score (nSPS) is 12.2. The molecule has 0 fully saturated rings. The molecular formula is C49H28N2O2. The number of fused-ring (bicyclic) bond motifs is 13. The van der Waals surface area contributed by atoms with E-state index in [4.69, 9.17) is 8.83 Å². The average Bonchev–Trinajstić information content (AvgIpc) is 3.89. The average molecular weight is 677 g/mol. The van der Waals surface area contributed by atoms with Crippen LogP contribution in [0.3, 0.4) is 0 Å². The number of aromatic nitrogens is 2. The topological polar surface area (TPSA) is 44.1 Å². The molecule has 4 heteroatoms. The zero-order valence-corrected chi connectivity index (χ0v) is 28.4. The number of hydrogen-bond donors (Lipinski definition) is 0. The Balaban J connectivity index is 1.22. The molecule has 0 spiro atoms. The van der Waals surface area contributed by atoms with Crippen LogP contribution in [0.25, 0.3) is 115 Å². The zero-order valence-electron chi connectivity index (χ0n) is 28.4. The highest BCUT2D eigenvalue weighted by Crippen LogP contribution is 2.49. The lowest BCUT2D eigenvalue weighted by atomic mass is 9.84. The van der Waals surface area contributed by atoms with Gasteiger partial charge in [0.05, 0.1) is 11.0 Å². The Labute approximate surface area is 302 Å². The van der Waals surface area contributed by atoms with Crippen LogP contribution in [0.2, 0.25) is 0 Å². The van der Waals surface area contributed by atoms with Crippen LogP contribution in [0, 0.1) is 0 Å². The third-order valence-electron chi connectivity index (χ3n) is 11.1. The van der Waals surface area contributed by atoms with Gasteiger partial charge in [-0.05, 0) is 93.5 Å². The quantitative estimate of drug-likeness (QED) is 0.175. The van der Waals surface area contributed by atoms with Crippen molar-refractivity contribution in [2.45, 2.75) is 0 Å². The van der Waals surface area contributed by atoms with E-state index < -0.39 is 0 Å². The first-order chi connectivity index (χ1) is 26.3. The molecular weight excluding hydrogens is 649 g/mol. The standard InChI is InChI=1S/C49H28N2O2/c1-5-15-41-32(11-1)33-12-2-6-16-42(33)51(41)31-21-19-29(20-22-31)46-40-27-45-38(35-14-4-7-17-43(35)52-45)26-39(40)48-37(47(46)30-10-9-25-50-28-30)24-23-36-34-13-3-8-18-44(34)53-49(36)48/h1-28H. The zero-order chi connectivity index (χ0) is 34.6. The lowest BCUT2D eigenvalue weighted by molar-refractivity contribution is 0.669. The summed E-state index contributed by atoms with van der Waals surface area (Å²) in [5, 5.41) is 11.3. The van der Waals surface area contributed by atoms with Gasteiger partial charge in [0.25, 0.3) is 0 Å². The molecule has 4 aromatic heterocycles. The van der Waals surface area contributed by atoms with E-state index in [1.165, 1.54) is 21.8 Å². The number of benzene rings is 8. The van der Waals surface area contributed by atoms with Gasteiger partial charge in [-0.25, -0.2) is 0 Å². The number of nitrogens with zero attached hydrogens (tertiary/aromatic N) is 2. The lowest BCUT2D eigenvalue weighted by Crippen LogP contribution is -1.95. The summed E-state index contributed by atoms with van der Waals surface area (Å²) in [6, 6.07) is 56.2. The molecule has 0 radical (unpaired) electrons. The molecule has 0 aliphatic carbocycles. The lowest BCUT2D eigenvalue weighted by Gasteiger charge is -2.19. The highest BCUT2D eigenvalue weighted by molar-refractivity contribution is 6.31. The maximum atomic E-state index is 6.78. The van der Waals surface area contributed by atoms with Crippen molar-refractivity contribution in [3.63, 3.8) is 0 Å². The molecule has 0 amide bonds. The number of para-hydroxylation sites is 4. The Hall–Kier alpha value is -7.17. The van der Waals surface area contributed by atoms with Gasteiger partial charge in [-0.1, -0.05) is 97.1 Å². The first-order valence-corrected chi connectivity index (χ1v) is 17.9. The molecule has 0 N–H and O–H groups in total. The number of furan rings is 2. The van der Waals surface area contributed by atoms with Crippen molar-refractivity contribution in [2.24, 2.45) is 0 Å². The molecule has 0 bridgehead atoms. The van der Waals surface area contributed by atoms with Gasteiger partial charge >= 0.3 is 0 Å². The van der Waals surface area contributed by atoms with Crippen LogP contribution in [0.4, 0.5) is 0 Å². The van der Waals surface area contributed by atoms with E-state index >= 15 is 0 Å². The number of pyridine rings is 1. The predicted octanol–water partition coefficient (Wildman–Crippen LogP) is 13.6. The van der Waals surface area contributed by atoms with Gasteiger partial charge in [0.2, 0.25) is 0 Å². The molecule has 4 heterocycles.